The van der Waals surface area contributed by atoms with E-state index in [-0.39, 0.29) is 16.5 Å². The minimum Gasteiger partial charge on any atom is -0.278 e. The number of rotatable bonds is 4. The molecular formula is C12H10ClFN2O2S. The number of aromatic nitrogens is 1. The maximum absolute atomic E-state index is 12.9. The molecule has 0 aliphatic carbocycles. The maximum atomic E-state index is 12.9. The third-order valence-corrected chi connectivity index (χ3v) is 4.01. The number of hydrogen-bond donors (Lipinski definition) is 1. The number of pyridine rings is 1. The molecule has 7 heteroatoms. The molecule has 0 spiro atoms. The van der Waals surface area contributed by atoms with Crippen molar-refractivity contribution in [3.05, 3.63) is 54.1 Å². The van der Waals surface area contributed by atoms with Gasteiger partial charge in [0.15, 0.2) is 0 Å². The van der Waals surface area contributed by atoms with E-state index in [0.717, 1.165) is 12.3 Å². The number of alkyl halides is 1. The molecular weight excluding hydrogens is 291 g/mol. The van der Waals surface area contributed by atoms with Crippen LogP contribution in [0.4, 0.5) is 10.1 Å². The highest BCUT2D eigenvalue weighted by atomic mass is 35.5. The van der Waals surface area contributed by atoms with E-state index >= 15 is 0 Å². The standard InChI is InChI=1S/C12H10ClFN2O2S/c13-6-9-2-1-3-12(4-9)19(17,18)16-11-5-10(14)7-15-8-11/h1-5,7-8,16H,6H2. The van der Waals surface area contributed by atoms with Gasteiger partial charge in [-0.05, 0) is 17.7 Å². The average molecular weight is 301 g/mol. The molecule has 0 saturated heterocycles. The molecule has 1 N–H and O–H groups in total. The van der Waals surface area contributed by atoms with E-state index < -0.39 is 15.8 Å². The fourth-order valence-electron chi connectivity index (χ4n) is 1.48. The van der Waals surface area contributed by atoms with Crippen molar-refractivity contribution in [2.75, 3.05) is 4.72 Å². The second kappa shape index (κ2) is 5.54. The molecule has 0 fully saturated rings. The zero-order valence-corrected chi connectivity index (χ0v) is 11.2. The molecule has 0 aliphatic rings. The third-order valence-electron chi connectivity index (χ3n) is 2.32. The molecule has 0 aliphatic heterocycles. The summed E-state index contributed by atoms with van der Waals surface area (Å²) in [6.45, 7) is 0. The van der Waals surface area contributed by atoms with Gasteiger partial charge >= 0.3 is 0 Å². The molecule has 1 aromatic carbocycles. The van der Waals surface area contributed by atoms with Crippen molar-refractivity contribution in [2.45, 2.75) is 10.8 Å². The lowest BCUT2D eigenvalue weighted by Crippen LogP contribution is -2.13. The molecule has 100 valence electrons. The summed E-state index contributed by atoms with van der Waals surface area (Å²) in [5, 5.41) is 0. The topological polar surface area (TPSA) is 59.1 Å². The van der Waals surface area contributed by atoms with Gasteiger partial charge in [-0.25, -0.2) is 12.8 Å². The molecule has 0 atom stereocenters. The quantitative estimate of drug-likeness (QED) is 0.883. The van der Waals surface area contributed by atoms with E-state index in [1.165, 1.54) is 18.3 Å². The second-order valence-electron chi connectivity index (χ2n) is 3.78. The lowest BCUT2D eigenvalue weighted by atomic mass is 10.2. The molecule has 0 amide bonds. The molecule has 2 aromatic rings. The van der Waals surface area contributed by atoms with Crippen LogP contribution in [0, 0.1) is 5.82 Å². The van der Waals surface area contributed by atoms with Crippen molar-refractivity contribution in [3.8, 4) is 0 Å². The molecule has 19 heavy (non-hydrogen) atoms. The summed E-state index contributed by atoms with van der Waals surface area (Å²) in [6, 6.07) is 7.26. The van der Waals surface area contributed by atoms with Crippen molar-refractivity contribution in [2.24, 2.45) is 0 Å². The smallest absolute Gasteiger partial charge is 0.261 e. The molecule has 4 nitrogen and oxygen atoms in total. The summed E-state index contributed by atoms with van der Waals surface area (Å²) in [5.74, 6) is -0.403. The van der Waals surface area contributed by atoms with Gasteiger partial charge in [0.05, 0.1) is 23.0 Å². The van der Waals surface area contributed by atoms with Gasteiger partial charge in [-0.15, -0.1) is 11.6 Å². The van der Waals surface area contributed by atoms with Gasteiger partial charge in [0.1, 0.15) is 5.82 Å². The first-order valence-corrected chi connectivity index (χ1v) is 7.31. The Labute approximate surface area is 115 Å². The van der Waals surface area contributed by atoms with E-state index in [9.17, 15) is 12.8 Å². The first-order valence-electron chi connectivity index (χ1n) is 5.29. The van der Waals surface area contributed by atoms with E-state index in [1.54, 1.807) is 12.1 Å². The number of anilines is 1. The zero-order chi connectivity index (χ0) is 13.9. The second-order valence-corrected chi connectivity index (χ2v) is 5.73. The zero-order valence-electron chi connectivity index (χ0n) is 9.68. The highest BCUT2D eigenvalue weighted by Gasteiger charge is 2.14. The Morgan fingerprint density at radius 3 is 2.74 bits per heavy atom. The Morgan fingerprint density at radius 1 is 1.26 bits per heavy atom. The number of hydrogen-bond acceptors (Lipinski definition) is 3. The Hall–Kier alpha value is -1.66. The number of halogens is 2. The van der Waals surface area contributed by atoms with Crippen LogP contribution in [0.15, 0.2) is 47.6 Å². The SMILES string of the molecule is O=S(=O)(Nc1cncc(F)c1)c1cccc(CCl)c1. The summed E-state index contributed by atoms with van der Waals surface area (Å²) >= 11 is 5.66. The highest BCUT2D eigenvalue weighted by molar-refractivity contribution is 7.92. The van der Waals surface area contributed by atoms with Gasteiger partial charge in [-0.2, -0.15) is 0 Å². The van der Waals surface area contributed by atoms with Crippen LogP contribution in [0.3, 0.4) is 0 Å². The van der Waals surface area contributed by atoms with Crippen molar-refractivity contribution in [1.82, 2.24) is 4.98 Å². The summed E-state index contributed by atoms with van der Waals surface area (Å²) < 4.78 is 39.4. The van der Waals surface area contributed by atoms with Crippen LogP contribution >= 0.6 is 11.6 Å². The van der Waals surface area contributed by atoms with Crippen LogP contribution in [-0.2, 0) is 15.9 Å². The monoisotopic (exact) mass is 300 g/mol. The van der Waals surface area contributed by atoms with Gasteiger partial charge in [0.25, 0.3) is 10.0 Å². The summed E-state index contributed by atoms with van der Waals surface area (Å²) in [7, 11) is -3.78. The molecule has 2 rings (SSSR count). The highest BCUT2D eigenvalue weighted by Crippen LogP contribution is 2.17. The molecule has 0 saturated carbocycles. The van der Waals surface area contributed by atoms with Gasteiger partial charge < -0.3 is 0 Å². The average Bonchev–Trinajstić information content (AvgIpc) is 2.38. The Kier molecular flexibility index (Phi) is 4.01. The van der Waals surface area contributed by atoms with Crippen LogP contribution in [0.25, 0.3) is 0 Å². The fraction of sp³-hybridized carbons (Fsp3) is 0.0833. The minimum atomic E-state index is -3.78. The van der Waals surface area contributed by atoms with Gasteiger partial charge in [-0.1, -0.05) is 12.1 Å². The largest absolute Gasteiger partial charge is 0.278 e. The van der Waals surface area contributed by atoms with Gasteiger partial charge in [0, 0.05) is 11.9 Å². The molecule has 0 unspecified atom stereocenters. The summed E-state index contributed by atoms with van der Waals surface area (Å²) in [5.41, 5.74) is 0.748. The van der Waals surface area contributed by atoms with E-state index in [4.69, 9.17) is 11.6 Å². The first-order chi connectivity index (χ1) is 9.01. The van der Waals surface area contributed by atoms with Gasteiger partial charge in [0.2, 0.25) is 0 Å². The van der Waals surface area contributed by atoms with E-state index in [0.29, 0.717) is 5.56 Å². The maximum Gasteiger partial charge on any atom is 0.261 e. The van der Waals surface area contributed by atoms with Crippen LogP contribution in [-0.4, -0.2) is 13.4 Å². The molecule has 0 radical (unpaired) electrons. The van der Waals surface area contributed by atoms with Crippen molar-refractivity contribution >= 4 is 27.3 Å². The van der Waals surface area contributed by atoms with Gasteiger partial charge in [-0.3, -0.25) is 9.71 Å². The lowest BCUT2D eigenvalue weighted by molar-refractivity contribution is 0.601. The van der Waals surface area contributed by atoms with Crippen molar-refractivity contribution in [3.63, 3.8) is 0 Å². The van der Waals surface area contributed by atoms with Crippen LogP contribution < -0.4 is 4.72 Å². The van der Waals surface area contributed by atoms with Crippen LogP contribution in [0.1, 0.15) is 5.56 Å². The number of nitrogens with zero attached hydrogens (tertiary/aromatic N) is 1. The Balaban J connectivity index is 2.32. The Morgan fingerprint density at radius 2 is 2.05 bits per heavy atom. The predicted molar refractivity (Wildman–Crippen MR) is 71.0 cm³/mol. The number of benzene rings is 1. The summed E-state index contributed by atoms with van der Waals surface area (Å²) in [4.78, 5) is 3.64. The molecule has 1 aromatic heterocycles. The summed E-state index contributed by atoms with van der Waals surface area (Å²) in [6.07, 6.45) is 2.22. The van der Waals surface area contributed by atoms with Crippen molar-refractivity contribution < 1.29 is 12.8 Å². The lowest BCUT2D eigenvalue weighted by Gasteiger charge is -2.08. The Bertz CT molecular complexity index is 692. The third kappa shape index (κ3) is 3.42. The van der Waals surface area contributed by atoms with Crippen LogP contribution in [0.2, 0.25) is 0 Å². The first kappa shape index (κ1) is 13.8. The van der Waals surface area contributed by atoms with E-state index in [1.807, 2.05) is 0 Å². The number of nitrogens with one attached hydrogen (secondary N) is 1. The fourth-order valence-corrected chi connectivity index (χ4v) is 2.75. The molecule has 0 bridgehead atoms. The normalized spacial score (nSPS) is 11.3. The predicted octanol–water partition coefficient (Wildman–Crippen LogP) is 2.76. The minimum absolute atomic E-state index is 0.0647. The van der Waals surface area contributed by atoms with Crippen LogP contribution in [0.5, 0.6) is 0 Å². The molecule has 1 heterocycles. The van der Waals surface area contributed by atoms with Crippen molar-refractivity contribution in [1.29, 1.82) is 0 Å². The van der Waals surface area contributed by atoms with E-state index in [2.05, 4.69) is 9.71 Å². The number of sulfonamides is 1.